The van der Waals surface area contributed by atoms with E-state index in [1.54, 1.807) is 67.9 Å². The van der Waals surface area contributed by atoms with Gasteiger partial charge in [-0.05, 0) is 44.2 Å². The molecule has 0 bridgehead atoms. The van der Waals surface area contributed by atoms with Gasteiger partial charge in [0.05, 0.1) is 28.6 Å². The van der Waals surface area contributed by atoms with Crippen molar-refractivity contribution in [1.82, 2.24) is 24.8 Å². The fraction of sp³-hybridized carbons (Fsp3) is 0.214. The Hall–Kier alpha value is -4.85. The Labute approximate surface area is 221 Å². The number of para-hydroxylation sites is 1. The number of aromatic amines is 1. The summed E-state index contributed by atoms with van der Waals surface area (Å²) in [5.41, 5.74) is 1.45. The lowest BCUT2D eigenvalue weighted by atomic mass is 10.1. The summed E-state index contributed by atoms with van der Waals surface area (Å²) in [6.45, 7) is 3.72. The Morgan fingerprint density at radius 2 is 1.90 bits per heavy atom. The molecule has 2 heterocycles. The Kier molecular flexibility index (Phi) is 6.70. The number of carbonyl (C=O) groups excluding carboxylic acids is 1. The Balaban J connectivity index is 1.35. The maximum atomic E-state index is 14.2. The molecule has 2 N–H and O–H groups in total. The fourth-order valence-corrected chi connectivity index (χ4v) is 4.40. The van der Waals surface area contributed by atoms with Crippen molar-refractivity contribution in [3.63, 3.8) is 0 Å². The molecule has 5 rings (SSSR count). The summed E-state index contributed by atoms with van der Waals surface area (Å²) in [7, 11) is 1.76. The van der Waals surface area contributed by atoms with Gasteiger partial charge in [-0.25, -0.2) is 23.1 Å². The first-order valence-electron chi connectivity index (χ1n) is 12.1. The number of aromatic nitrogens is 4. The number of aryl methyl sites for hydroxylation is 1. The van der Waals surface area contributed by atoms with Gasteiger partial charge < -0.3 is 19.6 Å². The molecule has 0 aliphatic carbocycles. The molecular weight excluding hydrogens is 509 g/mol. The first kappa shape index (κ1) is 25.8. The second kappa shape index (κ2) is 10.1. The quantitative estimate of drug-likeness (QED) is 0.284. The van der Waals surface area contributed by atoms with Gasteiger partial charge in [-0.15, -0.1) is 0 Å². The third-order valence-corrected chi connectivity index (χ3v) is 6.48. The Bertz CT molecular complexity index is 1770. The highest BCUT2D eigenvalue weighted by Gasteiger charge is 2.24. The van der Waals surface area contributed by atoms with Gasteiger partial charge >= 0.3 is 0 Å². The molecule has 0 saturated heterocycles. The van der Waals surface area contributed by atoms with Gasteiger partial charge in [0.1, 0.15) is 41.1 Å². The van der Waals surface area contributed by atoms with E-state index in [-0.39, 0.29) is 35.4 Å². The zero-order valence-corrected chi connectivity index (χ0v) is 21.2. The summed E-state index contributed by atoms with van der Waals surface area (Å²) in [4.78, 5) is 24.4. The van der Waals surface area contributed by atoms with Crippen LogP contribution in [0.15, 0.2) is 48.5 Å². The zero-order valence-electron chi connectivity index (χ0n) is 21.2. The van der Waals surface area contributed by atoms with Crippen molar-refractivity contribution in [3.05, 3.63) is 88.8 Å². The van der Waals surface area contributed by atoms with E-state index < -0.39 is 23.4 Å². The van der Waals surface area contributed by atoms with Crippen LogP contribution in [-0.4, -0.2) is 38.1 Å². The molecule has 0 fully saturated rings. The lowest BCUT2D eigenvalue weighted by Gasteiger charge is -2.16. The van der Waals surface area contributed by atoms with Gasteiger partial charge in [0, 0.05) is 18.7 Å². The van der Waals surface area contributed by atoms with Crippen LogP contribution in [0.2, 0.25) is 0 Å². The fourth-order valence-electron chi connectivity index (χ4n) is 4.40. The number of nitrogens with zero attached hydrogens (tertiary/aromatic N) is 4. The van der Waals surface area contributed by atoms with Crippen molar-refractivity contribution in [2.24, 2.45) is 7.05 Å². The molecule has 11 heteroatoms. The smallest absolute Gasteiger partial charge is 0.251 e. The topological polar surface area (TPSA) is 109 Å². The molecule has 0 saturated carbocycles. The van der Waals surface area contributed by atoms with E-state index in [9.17, 15) is 23.2 Å². The van der Waals surface area contributed by atoms with Gasteiger partial charge in [-0.3, -0.25) is 4.79 Å². The number of benzene rings is 3. The van der Waals surface area contributed by atoms with Gasteiger partial charge in [-0.1, -0.05) is 12.1 Å². The number of hydrogen-bond donors (Lipinski definition) is 2. The number of nitrogens with one attached hydrogen (secondary N) is 2. The van der Waals surface area contributed by atoms with E-state index in [2.05, 4.69) is 26.3 Å². The summed E-state index contributed by atoms with van der Waals surface area (Å²) < 4.78 is 49.5. The van der Waals surface area contributed by atoms with Crippen LogP contribution in [0.25, 0.3) is 22.1 Å². The van der Waals surface area contributed by atoms with Crippen molar-refractivity contribution >= 4 is 28.0 Å². The molecule has 2 atom stereocenters. The molecule has 0 radical (unpaired) electrons. The summed E-state index contributed by atoms with van der Waals surface area (Å²) in [6.07, 6.45) is 0. The first-order valence-corrected chi connectivity index (χ1v) is 12.1. The Morgan fingerprint density at radius 1 is 1.13 bits per heavy atom. The molecule has 0 spiro atoms. The first-order chi connectivity index (χ1) is 18.7. The molecule has 8 nitrogen and oxygen atoms in total. The minimum atomic E-state index is -1.30. The normalized spacial score (nSPS) is 12.8. The van der Waals surface area contributed by atoms with Crippen LogP contribution >= 0.6 is 0 Å². The number of nitriles is 1. The molecule has 1 amide bonds. The van der Waals surface area contributed by atoms with E-state index in [0.29, 0.717) is 39.8 Å². The highest BCUT2D eigenvalue weighted by Crippen LogP contribution is 2.29. The summed E-state index contributed by atoms with van der Waals surface area (Å²) in [5.74, 6) is -3.12. The minimum Gasteiger partial charge on any atom is -0.490 e. The van der Waals surface area contributed by atoms with Crippen LogP contribution < -0.4 is 10.1 Å². The van der Waals surface area contributed by atoms with Gasteiger partial charge in [-0.2, -0.15) is 5.26 Å². The second-order valence-electron chi connectivity index (χ2n) is 9.25. The SMILES string of the molecule is CC(c1nc2c(F)cc(F)c(F)c2[nH]1)c1nc2ccc(C(=O)N[C@H](C)COc3ccccc3C#N)cc2n1C. The molecular formula is C28H23F3N6O2. The average molecular weight is 533 g/mol. The number of carbonyl (C=O) groups is 1. The van der Waals surface area contributed by atoms with E-state index >= 15 is 0 Å². The number of hydrogen-bond acceptors (Lipinski definition) is 5. The second-order valence-corrected chi connectivity index (χ2v) is 9.25. The van der Waals surface area contributed by atoms with Crippen LogP contribution in [0, 0.1) is 28.8 Å². The lowest BCUT2D eigenvalue weighted by Crippen LogP contribution is -2.36. The monoisotopic (exact) mass is 532 g/mol. The zero-order chi connectivity index (χ0) is 27.8. The molecule has 0 aliphatic heterocycles. The van der Waals surface area contributed by atoms with Crippen LogP contribution in [0.5, 0.6) is 5.75 Å². The van der Waals surface area contributed by atoms with E-state index in [1.165, 1.54) is 0 Å². The molecule has 1 unspecified atom stereocenters. The summed E-state index contributed by atoms with van der Waals surface area (Å²) in [5, 5.41) is 12.1. The van der Waals surface area contributed by atoms with Crippen molar-refractivity contribution in [1.29, 1.82) is 5.26 Å². The van der Waals surface area contributed by atoms with Gasteiger partial charge in [0.25, 0.3) is 5.91 Å². The number of fused-ring (bicyclic) bond motifs is 2. The van der Waals surface area contributed by atoms with Crippen LogP contribution in [0.3, 0.4) is 0 Å². The minimum absolute atomic E-state index is 0.169. The van der Waals surface area contributed by atoms with Crippen molar-refractivity contribution < 1.29 is 22.7 Å². The molecule has 2 aromatic heterocycles. The number of halogens is 3. The third-order valence-electron chi connectivity index (χ3n) is 6.48. The average Bonchev–Trinajstić information content (AvgIpc) is 3.52. The number of ether oxygens (including phenoxy) is 1. The predicted octanol–water partition coefficient (Wildman–Crippen LogP) is 5.09. The van der Waals surface area contributed by atoms with Crippen molar-refractivity contribution in [2.75, 3.05) is 6.61 Å². The van der Waals surface area contributed by atoms with Crippen LogP contribution in [0.1, 0.15) is 47.3 Å². The summed E-state index contributed by atoms with van der Waals surface area (Å²) in [6, 6.07) is 14.1. The molecule has 5 aromatic rings. The van der Waals surface area contributed by atoms with Crippen LogP contribution in [-0.2, 0) is 7.05 Å². The van der Waals surface area contributed by atoms with Gasteiger partial charge in [0.2, 0.25) is 0 Å². The maximum absolute atomic E-state index is 14.2. The van der Waals surface area contributed by atoms with Crippen molar-refractivity contribution in [3.8, 4) is 11.8 Å². The number of amides is 1. The molecule has 198 valence electrons. The summed E-state index contributed by atoms with van der Waals surface area (Å²) >= 11 is 0. The van der Waals surface area contributed by atoms with E-state index in [4.69, 9.17) is 4.74 Å². The van der Waals surface area contributed by atoms with Crippen LogP contribution in [0.4, 0.5) is 13.2 Å². The Morgan fingerprint density at radius 3 is 2.67 bits per heavy atom. The highest BCUT2D eigenvalue weighted by molar-refractivity contribution is 5.97. The number of imidazole rings is 2. The lowest BCUT2D eigenvalue weighted by molar-refractivity contribution is 0.0926. The molecule has 39 heavy (non-hydrogen) atoms. The molecule has 0 aliphatic rings. The van der Waals surface area contributed by atoms with E-state index in [0.717, 1.165) is 0 Å². The highest BCUT2D eigenvalue weighted by atomic mass is 19.2. The largest absolute Gasteiger partial charge is 0.490 e. The third kappa shape index (κ3) is 4.77. The van der Waals surface area contributed by atoms with E-state index in [1.807, 2.05) is 0 Å². The standard InChI is InChI=1S/C28H23F3N6O2/c1-14(13-39-22-7-5-4-6-17(22)12-32)33-28(38)16-8-9-20-21(10-16)37(3)27(34-20)15(2)26-35-24-19(30)11-18(29)23(31)25(24)36-26/h4-11,14-15H,13H2,1-3H3,(H,33,38)(H,35,36)/t14-,15?/m1/s1. The number of rotatable bonds is 7. The van der Waals surface area contributed by atoms with Gasteiger partial charge in [0.15, 0.2) is 17.5 Å². The van der Waals surface area contributed by atoms with Crippen molar-refractivity contribution in [2.45, 2.75) is 25.8 Å². The predicted molar refractivity (Wildman–Crippen MR) is 138 cm³/mol. The number of H-pyrrole nitrogens is 1. The maximum Gasteiger partial charge on any atom is 0.251 e. The molecule has 3 aromatic carbocycles.